The maximum Gasteiger partial charge on any atom is 0.338 e. The van der Waals surface area contributed by atoms with Crippen LogP contribution in [0, 0.1) is 5.82 Å². The number of amidine groups is 1. The van der Waals surface area contributed by atoms with Gasteiger partial charge in [0.1, 0.15) is 18.2 Å². The number of halogens is 1. The Kier molecular flexibility index (Phi) is 9.07. The largest absolute Gasteiger partial charge is 0.489 e. The van der Waals surface area contributed by atoms with Gasteiger partial charge in [-0.1, -0.05) is 66.4 Å². The highest BCUT2D eigenvalue weighted by molar-refractivity contribution is 8.16. The number of nitrogens with one attached hydrogen (secondary N) is 1. The maximum absolute atomic E-state index is 13.5. The number of carbonyl (C=O) groups is 2. The molecule has 2 heterocycles. The average molecular weight is 586 g/mol. The van der Waals surface area contributed by atoms with E-state index in [9.17, 15) is 14.0 Å². The summed E-state index contributed by atoms with van der Waals surface area (Å²) in [6.45, 7) is 6.09. The zero-order chi connectivity index (χ0) is 29.6. The molecule has 2 aliphatic heterocycles. The summed E-state index contributed by atoms with van der Waals surface area (Å²) < 4.78 is 25.0. The first-order valence-electron chi connectivity index (χ1n) is 13.7. The zero-order valence-corrected chi connectivity index (χ0v) is 24.5. The first kappa shape index (κ1) is 29.1. The minimum atomic E-state index is -0.574. The second-order valence-electron chi connectivity index (χ2n) is 10.3. The van der Waals surface area contributed by atoms with Gasteiger partial charge < -0.3 is 19.7 Å². The van der Waals surface area contributed by atoms with Gasteiger partial charge in [0.15, 0.2) is 5.17 Å². The molecule has 42 heavy (non-hydrogen) atoms. The number of fused-ring (bicyclic) bond motifs is 1. The molecule has 0 unspecified atom stereocenters. The van der Waals surface area contributed by atoms with Gasteiger partial charge >= 0.3 is 5.97 Å². The van der Waals surface area contributed by atoms with Crippen molar-refractivity contribution in [1.29, 1.82) is 0 Å². The van der Waals surface area contributed by atoms with Crippen LogP contribution in [0.3, 0.4) is 0 Å². The highest BCUT2D eigenvalue weighted by atomic mass is 32.2. The summed E-state index contributed by atoms with van der Waals surface area (Å²) in [6, 6.07) is 22.9. The van der Waals surface area contributed by atoms with Crippen LogP contribution in [0.15, 0.2) is 106 Å². The van der Waals surface area contributed by atoms with E-state index in [4.69, 9.17) is 14.5 Å². The summed E-state index contributed by atoms with van der Waals surface area (Å²) in [7, 11) is 0. The topological polar surface area (TPSA) is 80.2 Å². The molecule has 0 saturated heterocycles. The van der Waals surface area contributed by atoms with Gasteiger partial charge in [0.2, 0.25) is 5.91 Å². The van der Waals surface area contributed by atoms with Crippen LogP contribution < -0.4 is 10.1 Å². The number of allylic oxidation sites excluding steroid dienone is 1. The second kappa shape index (κ2) is 13.1. The molecular weight excluding hydrogens is 553 g/mol. The number of benzene rings is 3. The van der Waals surface area contributed by atoms with Crippen LogP contribution in [0.4, 0.5) is 4.39 Å². The molecule has 0 fully saturated rings. The fraction of sp³-hybridized carbons (Fsp3) is 0.242. The van der Waals surface area contributed by atoms with E-state index in [-0.39, 0.29) is 30.8 Å². The monoisotopic (exact) mass is 585 g/mol. The molecule has 1 amide bonds. The van der Waals surface area contributed by atoms with E-state index in [1.165, 1.54) is 23.9 Å². The Balaban J connectivity index is 1.41. The predicted molar refractivity (Wildman–Crippen MR) is 162 cm³/mol. The maximum atomic E-state index is 13.5. The molecule has 0 aromatic heterocycles. The Morgan fingerprint density at radius 1 is 1.02 bits per heavy atom. The Morgan fingerprint density at radius 2 is 1.79 bits per heavy atom. The van der Waals surface area contributed by atoms with Crippen molar-refractivity contribution < 1.29 is 23.5 Å². The van der Waals surface area contributed by atoms with Crippen molar-refractivity contribution in [3.8, 4) is 5.75 Å². The first-order chi connectivity index (χ1) is 20.3. The van der Waals surface area contributed by atoms with E-state index in [1.54, 1.807) is 32.9 Å². The molecule has 2 aliphatic rings. The third-order valence-corrected chi connectivity index (χ3v) is 7.62. The van der Waals surface area contributed by atoms with Crippen LogP contribution >= 0.6 is 11.8 Å². The molecule has 0 aliphatic carbocycles. The number of hydrogen-bond acceptors (Lipinski definition) is 7. The number of amides is 1. The van der Waals surface area contributed by atoms with Gasteiger partial charge in [0.05, 0.1) is 29.8 Å². The lowest BCUT2D eigenvalue weighted by Crippen LogP contribution is -2.38. The molecule has 7 nitrogen and oxygen atoms in total. The van der Waals surface area contributed by atoms with E-state index in [0.29, 0.717) is 34.5 Å². The molecule has 0 bridgehead atoms. The lowest BCUT2D eigenvalue weighted by molar-refractivity contribution is -0.143. The summed E-state index contributed by atoms with van der Waals surface area (Å²) >= 11 is 1.41. The molecule has 3 aromatic carbocycles. The molecule has 9 heteroatoms. The lowest BCUT2D eigenvalue weighted by atomic mass is 9.93. The van der Waals surface area contributed by atoms with Gasteiger partial charge in [-0.15, -0.1) is 0 Å². The molecule has 0 spiro atoms. The van der Waals surface area contributed by atoms with E-state index in [1.807, 2.05) is 64.9 Å². The lowest BCUT2D eigenvalue weighted by Gasteiger charge is -2.36. The Morgan fingerprint density at radius 3 is 2.52 bits per heavy atom. The van der Waals surface area contributed by atoms with Crippen LogP contribution in [0.2, 0.25) is 0 Å². The predicted octanol–water partition coefficient (Wildman–Crippen LogP) is 6.64. The summed E-state index contributed by atoms with van der Waals surface area (Å²) in [5.74, 6) is -0.332. The fourth-order valence-corrected chi connectivity index (χ4v) is 5.73. The average Bonchev–Trinajstić information content (AvgIpc) is 3.36. The Bertz CT molecular complexity index is 1550. The van der Waals surface area contributed by atoms with Crippen LogP contribution in [0.1, 0.15) is 49.9 Å². The normalized spacial score (nSPS) is 16.1. The van der Waals surface area contributed by atoms with Crippen molar-refractivity contribution in [1.82, 2.24) is 10.2 Å². The van der Waals surface area contributed by atoms with Gasteiger partial charge in [0, 0.05) is 12.2 Å². The summed E-state index contributed by atoms with van der Waals surface area (Å²) in [5, 5.41) is 5.47. The van der Waals surface area contributed by atoms with E-state index >= 15 is 0 Å². The van der Waals surface area contributed by atoms with E-state index < -0.39 is 12.0 Å². The first-order valence-corrected chi connectivity index (χ1v) is 14.6. The number of thioether (sulfide) groups is 1. The van der Waals surface area contributed by atoms with Crippen molar-refractivity contribution in [2.24, 2.45) is 4.99 Å². The highest BCUT2D eigenvalue weighted by Gasteiger charge is 2.41. The number of hydrogen-bond donors (Lipinski definition) is 1. The van der Waals surface area contributed by atoms with Crippen molar-refractivity contribution in [2.75, 3.05) is 0 Å². The SMILES string of the molecule is CC1=C(C(=O)OC(C)C)[C@H](c2cccc(OCc3ccccc3)c2)N2C(CC(=O)NCc3ccc(F)cc3)=CSC2=N1. The molecule has 216 valence electrons. The summed E-state index contributed by atoms with van der Waals surface area (Å²) in [5.41, 5.74) is 4.33. The molecule has 0 radical (unpaired) electrons. The molecule has 1 atom stereocenters. The smallest absolute Gasteiger partial charge is 0.338 e. The molecule has 3 aromatic rings. The van der Waals surface area contributed by atoms with Gasteiger partial charge in [-0.05, 0) is 67.1 Å². The third kappa shape index (κ3) is 6.91. The third-order valence-electron chi connectivity index (χ3n) is 6.73. The quantitative estimate of drug-likeness (QED) is 0.269. The van der Waals surface area contributed by atoms with Gasteiger partial charge in [-0.25, -0.2) is 14.2 Å². The molecular formula is C33H32FN3O4S. The van der Waals surface area contributed by atoms with Crippen LogP contribution in [0.25, 0.3) is 0 Å². The van der Waals surface area contributed by atoms with Gasteiger partial charge in [-0.2, -0.15) is 0 Å². The minimum absolute atomic E-state index is 0.0689. The number of nitrogens with zero attached hydrogens (tertiary/aromatic N) is 2. The van der Waals surface area contributed by atoms with Crippen molar-refractivity contribution >= 4 is 28.8 Å². The fourth-order valence-electron chi connectivity index (χ4n) is 4.77. The van der Waals surface area contributed by atoms with Crippen molar-refractivity contribution in [3.63, 3.8) is 0 Å². The standard InChI is InChI=1S/C33H32FN3O4S/c1-21(2)41-32(39)30-22(3)36-33-37(27(20-42-33)17-29(38)35-18-23-12-14-26(34)15-13-23)31(30)25-10-7-11-28(16-25)40-19-24-8-5-4-6-9-24/h4-16,20-21,31H,17-19H2,1-3H3,(H,35,38)/t31-/m0/s1. The zero-order valence-electron chi connectivity index (χ0n) is 23.7. The van der Waals surface area contributed by atoms with Crippen molar-refractivity contribution in [3.05, 3.63) is 124 Å². The number of ether oxygens (including phenoxy) is 2. The number of aliphatic imine (C=N–C) groups is 1. The van der Waals surface area contributed by atoms with E-state index in [0.717, 1.165) is 16.7 Å². The van der Waals surface area contributed by atoms with Crippen molar-refractivity contribution in [2.45, 2.75) is 52.5 Å². The van der Waals surface area contributed by atoms with Gasteiger partial charge in [0.25, 0.3) is 0 Å². The minimum Gasteiger partial charge on any atom is -0.489 e. The number of carbonyl (C=O) groups excluding carboxylic acids is 2. The molecule has 5 rings (SSSR count). The number of esters is 1. The van der Waals surface area contributed by atoms with E-state index in [2.05, 4.69) is 5.32 Å². The Labute approximate surface area is 249 Å². The van der Waals surface area contributed by atoms with Crippen LogP contribution in [-0.2, 0) is 27.5 Å². The van der Waals surface area contributed by atoms with Gasteiger partial charge in [-0.3, -0.25) is 4.79 Å². The highest BCUT2D eigenvalue weighted by Crippen LogP contribution is 2.45. The van der Waals surface area contributed by atoms with Crippen LogP contribution in [-0.4, -0.2) is 28.0 Å². The molecule has 1 N–H and O–H groups in total. The Hall–Kier alpha value is -4.37. The second-order valence-corrected chi connectivity index (χ2v) is 11.1. The molecule has 0 saturated carbocycles. The number of rotatable bonds is 10. The summed E-state index contributed by atoms with van der Waals surface area (Å²) in [6.07, 6.45) is -0.246. The summed E-state index contributed by atoms with van der Waals surface area (Å²) in [4.78, 5) is 33.1. The van der Waals surface area contributed by atoms with Crippen LogP contribution in [0.5, 0.6) is 5.75 Å².